The molecule has 1 aliphatic heterocycles. The molecule has 0 aromatic heterocycles. The number of amides is 3. The summed E-state index contributed by atoms with van der Waals surface area (Å²) in [7, 11) is 0. The molecule has 170 valence electrons. The standard InChI is InChI=1S/C26H27ClN4O2/c27-22-12-5-7-14-24(22)28-25(32)19-30-15-8-16-31(18-17-30)26(33)29-23-13-6-4-11-21(23)20-9-2-1-3-10-20/h1-7,9-14H,8,15-19H2,(H,28,32)(H,29,33). The number of nitrogens with zero attached hydrogens (tertiary/aromatic N) is 2. The fourth-order valence-electron chi connectivity index (χ4n) is 3.94. The van der Waals surface area contributed by atoms with Crippen molar-refractivity contribution in [3.8, 4) is 11.1 Å². The van der Waals surface area contributed by atoms with Crippen molar-refractivity contribution in [3.05, 3.63) is 83.9 Å². The first-order valence-electron chi connectivity index (χ1n) is 11.1. The van der Waals surface area contributed by atoms with Gasteiger partial charge in [0.15, 0.2) is 0 Å². The third-order valence-corrected chi connectivity index (χ3v) is 5.97. The highest BCUT2D eigenvalue weighted by molar-refractivity contribution is 6.33. The van der Waals surface area contributed by atoms with Crippen LogP contribution in [0.3, 0.4) is 0 Å². The Labute approximate surface area is 199 Å². The highest BCUT2D eigenvalue weighted by Gasteiger charge is 2.21. The van der Waals surface area contributed by atoms with Crippen molar-refractivity contribution in [2.24, 2.45) is 0 Å². The van der Waals surface area contributed by atoms with Crippen LogP contribution in [-0.4, -0.2) is 54.5 Å². The lowest BCUT2D eigenvalue weighted by atomic mass is 10.0. The van der Waals surface area contributed by atoms with Crippen LogP contribution in [0.2, 0.25) is 5.02 Å². The van der Waals surface area contributed by atoms with Gasteiger partial charge < -0.3 is 15.5 Å². The number of carbonyl (C=O) groups excluding carboxylic acids is 2. The zero-order valence-corrected chi connectivity index (χ0v) is 19.1. The maximum Gasteiger partial charge on any atom is 0.321 e. The van der Waals surface area contributed by atoms with E-state index < -0.39 is 0 Å². The van der Waals surface area contributed by atoms with Crippen LogP contribution in [0.4, 0.5) is 16.2 Å². The number of para-hydroxylation sites is 2. The maximum absolute atomic E-state index is 13.0. The van der Waals surface area contributed by atoms with Crippen LogP contribution in [0.25, 0.3) is 11.1 Å². The fourth-order valence-corrected chi connectivity index (χ4v) is 4.13. The zero-order valence-electron chi connectivity index (χ0n) is 18.3. The van der Waals surface area contributed by atoms with E-state index in [-0.39, 0.29) is 18.5 Å². The summed E-state index contributed by atoms with van der Waals surface area (Å²) in [5.74, 6) is -0.113. The summed E-state index contributed by atoms with van der Waals surface area (Å²) in [6.45, 7) is 2.84. The molecule has 1 saturated heterocycles. The number of nitrogens with one attached hydrogen (secondary N) is 2. The minimum absolute atomic E-state index is 0.113. The molecule has 0 aliphatic carbocycles. The van der Waals surface area contributed by atoms with Crippen molar-refractivity contribution in [3.63, 3.8) is 0 Å². The highest BCUT2D eigenvalue weighted by Crippen LogP contribution is 2.28. The Morgan fingerprint density at radius 3 is 2.24 bits per heavy atom. The van der Waals surface area contributed by atoms with E-state index in [1.54, 1.807) is 12.1 Å². The minimum atomic E-state index is -0.124. The molecule has 1 fully saturated rings. The molecule has 3 amide bonds. The fraction of sp³-hybridized carbons (Fsp3) is 0.231. The lowest BCUT2D eigenvalue weighted by Crippen LogP contribution is -2.39. The molecule has 3 aromatic carbocycles. The lowest BCUT2D eigenvalue weighted by molar-refractivity contribution is -0.117. The summed E-state index contributed by atoms with van der Waals surface area (Å²) in [5, 5.41) is 6.45. The Hall–Kier alpha value is -3.35. The molecule has 4 rings (SSSR count). The predicted molar refractivity (Wildman–Crippen MR) is 134 cm³/mol. The van der Waals surface area contributed by atoms with E-state index in [4.69, 9.17) is 11.6 Å². The summed E-state index contributed by atoms with van der Waals surface area (Å²) in [4.78, 5) is 29.4. The molecule has 6 nitrogen and oxygen atoms in total. The van der Waals surface area contributed by atoms with Gasteiger partial charge in [-0.25, -0.2) is 4.79 Å². The van der Waals surface area contributed by atoms with Crippen LogP contribution in [-0.2, 0) is 4.79 Å². The second-order valence-electron chi connectivity index (χ2n) is 7.99. The number of benzene rings is 3. The monoisotopic (exact) mass is 462 g/mol. The number of anilines is 2. The van der Waals surface area contributed by atoms with Gasteiger partial charge in [0, 0.05) is 31.7 Å². The van der Waals surface area contributed by atoms with E-state index in [0.29, 0.717) is 30.3 Å². The smallest absolute Gasteiger partial charge is 0.321 e. The molecule has 0 atom stereocenters. The van der Waals surface area contributed by atoms with Gasteiger partial charge in [-0.1, -0.05) is 72.3 Å². The zero-order chi connectivity index (χ0) is 23.0. The van der Waals surface area contributed by atoms with Crippen molar-refractivity contribution in [2.45, 2.75) is 6.42 Å². The summed E-state index contributed by atoms with van der Waals surface area (Å²) in [6.07, 6.45) is 0.799. The van der Waals surface area contributed by atoms with E-state index in [0.717, 1.165) is 29.8 Å². The second-order valence-corrected chi connectivity index (χ2v) is 8.39. The van der Waals surface area contributed by atoms with Crippen molar-refractivity contribution in [1.82, 2.24) is 9.80 Å². The SMILES string of the molecule is O=C(CN1CCCN(C(=O)Nc2ccccc2-c2ccccc2)CC1)Nc1ccccc1Cl. The van der Waals surface area contributed by atoms with Crippen LogP contribution in [0.5, 0.6) is 0 Å². The normalized spacial score (nSPS) is 14.4. The van der Waals surface area contributed by atoms with Crippen molar-refractivity contribution >= 4 is 34.9 Å². The minimum Gasteiger partial charge on any atom is -0.324 e. The number of halogens is 1. The van der Waals surface area contributed by atoms with Crippen molar-refractivity contribution in [1.29, 1.82) is 0 Å². The summed E-state index contributed by atoms with van der Waals surface area (Å²) in [5.41, 5.74) is 3.44. The Morgan fingerprint density at radius 1 is 0.758 bits per heavy atom. The van der Waals surface area contributed by atoms with Gasteiger partial charge in [-0.3, -0.25) is 9.69 Å². The van der Waals surface area contributed by atoms with Gasteiger partial charge in [0.25, 0.3) is 0 Å². The van der Waals surface area contributed by atoms with Gasteiger partial charge in [-0.05, 0) is 30.2 Å². The molecule has 0 spiro atoms. The van der Waals surface area contributed by atoms with Crippen LogP contribution < -0.4 is 10.6 Å². The molecule has 3 aromatic rings. The Morgan fingerprint density at radius 2 is 1.45 bits per heavy atom. The molecular weight excluding hydrogens is 436 g/mol. The van der Waals surface area contributed by atoms with Gasteiger partial charge in [0.05, 0.1) is 22.9 Å². The lowest BCUT2D eigenvalue weighted by Gasteiger charge is -2.23. The van der Waals surface area contributed by atoms with E-state index in [1.807, 2.05) is 71.6 Å². The molecule has 0 unspecified atom stereocenters. The first-order valence-corrected chi connectivity index (χ1v) is 11.4. The number of hydrogen-bond acceptors (Lipinski definition) is 3. The van der Waals surface area contributed by atoms with Gasteiger partial charge in [0.2, 0.25) is 5.91 Å². The highest BCUT2D eigenvalue weighted by atomic mass is 35.5. The van der Waals surface area contributed by atoms with Gasteiger partial charge in [0.1, 0.15) is 0 Å². The van der Waals surface area contributed by atoms with Crippen molar-refractivity contribution in [2.75, 3.05) is 43.4 Å². The summed E-state index contributed by atoms with van der Waals surface area (Å²) < 4.78 is 0. The molecule has 1 heterocycles. The molecule has 2 N–H and O–H groups in total. The summed E-state index contributed by atoms with van der Waals surface area (Å²) >= 11 is 6.13. The van der Waals surface area contributed by atoms with Crippen LogP contribution in [0.1, 0.15) is 6.42 Å². The number of hydrogen-bond donors (Lipinski definition) is 2. The number of urea groups is 1. The van der Waals surface area contributed by atoms with Crippen LogP contribution in [0.15, 0.2) is 78.9 Å². The average Bonchev–Trinajstić information content (AvgIpc) is 3.07. The molecule has 1 aliphatic rings. The molecular formula is C26H27ClN4O2. The topological polar surface area (TPSA) is 64.7 Å². The molecule has 0 saturated carbocycles. The maximum atomic E-state index is 13.0. The Balaban J connectivity index is 1.33. The molecule has 7 heteroatoms. The first-order chi connectivity index (χ1) is 16.1. The van der Waals surface area contributed by atoms with Crippen LogP contribution in [0, 0.1) is 0 Å². The number of carbonyl (C=O) groups is 2. The van der Waals surface area contributed by atoms with Gasteiger partial charge >= 0.3 is 6.03 Å². The van der Waals surface area contributed by atoms with Crippen LogP contribution >= 0.6 is 11.6 Å². The molecule has 0 radical (unpaired) electrons. The van der Waals surface area contributed by atoms with E-state index in [2.05, 4.69) is 15.5 Å². The number of rotatable bonds is 5. The summed E-state index contributed by atoms with van der Waals surface area (Å²) in [6, 6.07) is 24.9. The van der Waals surface area contributed by atoms with E-state index >= 15 is 0 Å². The molecule has 33 heavy (non-hydrogen) atoms. The third kappa shape index (κ3) is 6.12. The first kappa shape index (κ1) is 22.8. The van der Waals surface area contributed by atoms with Gasteiger partial charge in [-0.15, -0.1) is 0 Å². The predicted octanol–water partition coefficient (Wildman–Crippen LogP) is 5.19. The average molecular weight is 463 g/mol. The second kappa shape index (κ2) is 11.0. The van der Waals surface area contributed by atoms with E-state index in [9.17, 15) is 9.59 Å². The quantitative estimate of drug-likeness (QED) is 0.548. The van der Waals surface area contributed by atoms with Gasteiger partial charge in [-0.2, -0.15) is 0 Å². The Bertz CT molecular complexity index is 1110. The van der Waals surface area contributed by atoms with E-state index in [1.165, 1.54) is 0 Å². The largest absolute Gasteiger partial charge is 0.324 e. The third-order valence-electron chi connectivity index (χ3n) is 5.64. The Kier molecular flexibility index (Phi) is 7.60. The van der Waals surface area contributed by atoms with Crippen molar-refractivity contribution < 1.29 is 9.59 Å². The molecule has 0 bridgehead atoms.